The summed E-state index contributed by atoms with van der Waals surface area (Å²) in [6, 6.07) is 15.0. The number of anilines is 1. The predicted molar refractivity (Wildman–Crippen MR) is 134 cm³/mol. The quantitative estimate of drug-likeness (QED) is 0.479. The van der Waals surface area contributed by atoms with Crippen LogP contribution >= 0.6 is 0 Å². The number of carbonyl (C=O) groups excluding carboxylic acids is 3. The maximum absolute atomic E-state index is 15.1. The summed E-state index contributed by atoms with van der Waals surface area (Å²) in [5.41, 5.74) is 1.33. The summed E-state index contributed by atoms with van der Waals surface area (Å²) in [6.45, 7) is 1.39. The largest absolute Gasteiger partial charge is 0.459 e. The lowest BCUT2D eigenvalue weighted by Crippen LogP contribution is -2.50. The van der Waals surface area contributed by atoms with Gasteiger partial charge in [-0.1, -0.05) is 55.7 Å². The second kappa shape index (κ2) is 11.7. The molecule has 7 nitrogen and oxygen atoms in total. The normalized spacial score (nSPS) is 14.6. The van der Waals surface area contributed by atoms with Crippen LogP contribution in [0.4, 0.5) is 10.1 Å². The molecule has 0 spiro atoms. The molecule has 3 aromatic rings. The average molecular weight is 492 g/mol. The third kappa shape index (κ3) is 5.82. The molecule has 2 N–H and O–H groups in total. The van der Waals surface area contributed by atoms with Gasteiger partial charge in [-0.15, -0.1) is 0 Å². The molecule has 2 aromatic carbocycles. The van der Waals surface area contributed by atoms with E-state index >= 15 is 4.39 Å². The minimum absolute atomic E-state index is 0.00556. The second-order valence-electron chi connectivity index (χ2n) is 8.98. The number of carbonyl (C=O) groups is 3. The summed E-state index contributed by atoms with van der Waals surface area (Å²) < 4.78 is 20.2. The highest BCUT2D eigenvalue weighted by molar-refractivity contribution is 6.04. The number of benzene rings is 2. The molecule has 0 radical (unpaired) electrons. The van der Waals surface area contributed by atoms with Crippen LogP contribution in [0.5, 0.6) is 0 Å². The van der Waals surface area contributed by atoms with Crippen LogP contribution in [0.3, 0.4) is 0 Å². The predicted octanol–water partition coefficient (Wildman–Crippen LogP) is 4.68. The molecule has 1 atom stereocenters. The van der Waals surface area contributed by atoms with Crippen molar-refractivity contribution in [2.24, 2.45) is 0 Å². The van der Waals surface area contributed by atoms with E-state index in [1.807, 2.05) is 19.1 Å². The fraction of sp³-hybridized carbons (Fsp3) is 0.321. The van der Waals surface area contributed by atoms with Gasteiger partial charge in [0.25, 0.3) is 5.91 Å². The first-order valence-corrected chi connectivity index (χ1v) is 12.2. The van der Waals surface area contributed by atoms with Crippen molar-refractivity contribution in [3.8, 4) is 0 Å². The smallest absolute Gasteiger partial charge is 0.287 e. The van der Waals surface area contributed by atoms with Crippen molar-refractivity contribution < 1.29 is 23.2 Å². The number of rotatable bonds is 8. The van der Waals surface area contributed by atoms with E-state index in [9.17, 15) is 14.4 Å². The van der Waals surface area contributed by atoms with Crippen molar-refractivity contribution in [1.29, 1.82) is 0 Å². The molecule has 0 bridgehead atoms. The Morgan fingerprint density at radius 2 is 1.72 bits per heavy atom. The summed E-state index contributed by atoms with van der Waals surface area (Å²) in [5, 5.41) is 5.62. The van der Waals surface area contributed by atoms with Crippen molar-refractivity contribution in [2.75, 3.05) is 11.4 Å². The van der Waals surface area contributed by atoms with E-state index in [1.54, 1.807) is 24.3 Å². The van der Waals surface area contributed by atoms with Crippen LogP contribution in [0.25, 0.3) is 0 Å². The lowest BCUT2D eigenvalue weighted by molar-refractivity contribution is -0.127. The molecule has 0 unspecified atom stereocenters. The standard InChI is InChI=1S/C28H30FN3O4/c1-19-10-5-6-13-21(19)26(28(35)31-20-11-3-2-4-12-20)32(23-15-8-7-14-22(23)29)25(33)18-30-27(34)24-16-9-17-36-24/h5-10,13-17,20,26H,2-4,11-12,18H2,1H3,(H,30,34)(H,31,35)/t26-/m0/s1. The molecular weight excluding hydrogens is 461 g/mol. The number of nitrogens with zero attached hydrogens (tertiary/aromatic N) is 1. The van der Waals surface area contributed by atoms with Gasteiger partial charge < -0.3 is 15.1 Å². The maximum atomic E-state index is 15.1. The Morgan fingerprint density at radius 3 is 2.42 bits per heavy atom. The van der Waals surface area contributed by atoms with Crippen molar-refractivity contribution in [2.45, 2.75) is 51.1 Å². The summed E-state index contributed by atoms with van der Waals surface area (Å²) >= 11 is 0. The molecular formula is C28H30FN3O4. The number of para-hydroxylation sites is 1. The fourth-order valence-corrected chi connectivity index (χ4v) is 4.62. The summed E-state index contributed by atoms with van der Waals surface area (Å²) in [4.78, 5) is 41.0. The Bertz CT molecular complexity index is 1210. The van der Waals surface area contributed by atoms with E-state index in [-0.39, 0.29) is 23.4 Å². The van der Waals surface area contributed by atoms with Crippen LogP contribution in [-0.4, -0.2) is 30.3 Å². The number of furan rings is 1. The zero-order valence-electron chi connectivity index (χ0n) is 20.2. The Labute approximate surface area is 209 Å². The molecule has 3 amide bonds. The van der Waals surface area contributed by atoms with Crippen LogP contribution < -0.4 is 15.5 Å². The number of hydrogen-bond donors (Lipinski definition) is 2. The second-order valence-corrected chi connectivity index (χ2v) is 8.98. The van der Waals surface area contributed by atoms with Crippen LogP contribution in [0.2, 0.25) is 0 Å². The molecule has 8 heteroatoms. The SMILES string of the molecule is Cc1ccccc1[C@@H](C(=O)NC1CCCCC1)N(C(=O)CNC(=O)c1ccco1)c1ccccc1F. The van der Waals surface area contributed by atoms with E-state index in [1.165, 1.54) is 30.5 Å². The first-order chi connectivity index (χ1) is 17.5. The average Bonchev–Trinajstić information content (AvgIpc) is 3.43. The number of nitrogens with one attached hydrogen (secondary N) is 2. The van der Waals surface area contributed by atoms with Crippen LogP contribution in [0.15, 0.2) is 71.3 Å². The highest BCUT2D eigenvalue weighted by Gasteiger charge is 2.36. The summed E-state index contributed by atoms with van der Waals surface area (Å²) in [7, 11) is 0. The monoisotopic (exact) mass is 491 g/mol. The highest BCUT2D eigenvalue weighted by Crippen LogP contribution is 2.32. The fourth-order valence-electron chi connectivity index (χ4n) is 4.62. The lowest BCUT2D eigenvalue weighted by atomic mass is 9.93. The molecule has 0 aliphatic heterocycles. The van der Waals surface area contributed by atoms with Gasteiger partial charge in [-0.05, 0) is 55.2 Å². The van der Waals surface area contributed by atoms with Gasteiger partial charge in [-0.2, -0.15) is 0 Å². The Balaban J connectivity index is 1.70. The van der Waals surface area contributed by atoms with Gasteiger partial charge >= 0.3 is 0 Å². The molecule has 1 aliphatic carbocycles. The molecule has 1 fully saturated rings. The Kier molecular flexibility index (Phi) is 8.15. The lowest BCUT2D eigenvalue weighted by Gasteiger charge is -2.34. The molecule has 4 rings (SSSR count). The van der Waals surface area contributed by atoms with Gasteiger partial charge in [0.2, 0.25) is 11.8 Å². The zero-order valence-corrected chi connectivity index (χ0v) is 20.2. The van der Waals surface area contributed by atoms with Gasteiger partial charge in [0, 0.05) is 6.04 Å². The van der Waals surface area contributed by atoms with Gasteiger partial charge in [0.1, 0.15) is 11.9 Å². The van der Waals surface area contributed by atoms with Crippen molar-refractivity contribution in [3.05, 3.63) is 89.6 Å². The van der Waals surface area contributed by atoms with Crippen LogP contribution in [0, 0.1) is 12.7 Å². The number of halogens is 1. The van der Waals surface area contributed by atoms with Gasteiger partial charge in [0.15, 0.2) is 5.76 Å². The van der Waals surface area contributed by atoms with E-state index in [4.69, 9.17) is 4.42 Å². The van der Waals surface area contributed by atoms with Crippen molar-refractivity contribution in [1.82, 2.24) is 10.6 Å². The first-order valence-electron chi connectivity index (χ1n) is 12.2. The maximum Gasteiger partial charge on any atom is 0.287 e. The molecule has 1 heterocycles. The molecule has 36 heavy (non-hydrogen) atoms. The number of hydrogen-bond acceptors (Lipinski definition) is 4. The van der Waals surface area contributed by atoms with E-state index in [0.717, 1.165) is 42.6 Å². The van der Waals surface area contributed by atoms with E-state index in [0.29, 0.717) is 5.56 Å². The van der Waals surface area contributed by atoms with Crippen LogP contribution in [-0.2, 0) is 9.59 Å². The Hall–Kier alpha value is -3.94. The number of aryl methyl sites for hydroxylation is 1. The summed E-state index contributed by atoms with van der Waals surface area (Å²) in [6.07, 6.45) is 6.25. The Morgan fingerprint density at radius 1 is 1.00 bits per heavy atom. The minimum atomic E-state index is -1.13. The third-order valence-electron chi connectivity index (χ3n) is 6.47. The highest BCUT2D eigenvalue weighted by atomic mass is 19.1. The van der Waals surface area contributed by atoms with Gasteiger partial charge in [-0.25, -0.2) is 4.39 Å². The zero-order chi connectivity index (χ0) is 25.5. The van der Waals surface area contributed by atoms with Crippen LogP contribution in [0.1, 0.15) is 59.8 Å². The molecule has 1 aromatic heterocycles. The third-order valence-corrected chi connectivity index (χ3v) is 6.47. The first kappa shape index (κ1) is 25.2. The van der Waals surface area contributed by atoms with E-state index in [2.05, 4.69) is 10.6 Å². The summed E-state index contributed by atoms with van der Waals surface area (Å²) in [5.74, 6) is -2.20. The van der Waals surface area contributed by atoms with Crippen molar-refractivity contribution >= 4 is 23.4 Å². The topological polar surface area (TPSA) is 91.7 Å². The molecule has 188 valence electrons. The molecule has 0 saturated heterocycles. The molecule has 1 saturated carbocycles. The van der Waals surface area contributed by atoms with E-state index < -0.39 is 30.2 Å². The minimum Gasteiger partial charge on any atom is -0.459 e. The van der Waals surface area contributed by atoms with Crippen molar-refractivity contribution in [3.63, 3.8) is 0 Å². The number of amides is 3. The van der Waals surface area contributed by atoms with Gasteiger partial charge in [-0.3, -0.25) is 19.3 Å². The van der Waals surface area contributed by atoms with Gasteiger partial charge in [0.05, 0.1) is 18.5 Å². The molecule has 1 aliphatic rings.